The third-order valence-corrected chi connectivity index (χ3v) is 5.89. The van der Waals surface area contributed by atoms with E-state index in [1.165, 1.54) is 23.5 Å². The first kappa shape index (κ1) is 18.3. The number of aliphatic hydroxyl groups is 4. The van der Waals surface area contributed by atoms with Crippen molar-refractivity contribution >= 4 is 23.5 Å². The molecule has 6 heteroatoms. The van der Waals surface area contributed by atoms with Gasteiger partial charge in [0.05, 0.1) is 11.2 Å². The molecule has 0 aliphatic heterocycles. The van der Waals surface area contributed by atoms with Gasteiger partial charge in [0.15, 0.2) is 0 Å². The normalized spacial score (nSPS) is 15.3. The Morgan fingerprint density at radius 3 is 1.52 bits per heavy atom. The standard InChI is InChI=1S/C17H20O4S2/c18-11-14(19)15(20)16(21)17(22-12-7-3-1-4-8-12)23-13-9-5-2-6-10-13/h1-10,14-21H,11H2/t14-,15+,16+/m1/s1. The summed E-state index contributed by atoms with van der Waals surface area (Å²) in [6.07, 6.45) is -4.00. The first-order valence-corrected chi connectivity index (χ1v) is 8.96. The Labute approximate surface area is 144 Å². The molecule has 0 saturated heterocycles. The van der Waals surface area contributed by atoms with E-state index in [1.54, 1.807) is 0 Å². The van der Waals surface area contributed by atoms with Crippen molar-refractivity contribution in [1.82, 2.24) is 0 Å². The van der Waals surface area contributed by atoms with Gasteiger partial charge in [-0.1, -0.05) is 36.4 Å². The first-order valence-electron chi connectivity index (χ1n) is 7.20. The number of aliphatic hydroxyl groups excluding tert-OH is 4. The summed E-state index contributed by atoms with van der Waals surface area (Å²) in [5, 5.41) is 39.0. The van der Waals surface area contributed by atoms with E-state index in [2.05, 4.69) is 0 Å². The molecule has 0 fully saturated rings. The van der Waals surface area contributed by atoms with E-state index >= 15 is 0 Å². The fourth-order valence-corrected chi connectivity index (χ4v) is 4.55. The van der Waals surface area contributed by atoms with E-state index in [0.717, 1.165) is 9.79 Å². The van der Waals surface area contributed by atoms with E-state index in [9.17, 15) is 15.3 Å². The van der Waals surface area contributed by atoms with Gasteiger partial charge in [-0.2, -0.15) is 0 Å². The van der Waals surface area contributed by atoms with E-state index in [-0.39, 0.29) is 0 Å². The fourth-order valence-electron chi connectivity index (χ4n) is 1.93. The van der Waals surface area contributed by atoms with Crippen molar-refractivity contribution in [3.05, 3.63) is 60.7 Å². The maximum absolute atomic E-state index is 10.4. The van der Waals surface area contributed by atoms with Crippen molar-refractivity contribution in [2.75, 3.05) is 6.61 Å². The Kier molecular flexibility index (Phi) is 7.42. The number of hydrogen-bond acceptors (Lipinski definition) is 6. The van der Waals surface area contributed by atoms with E-state index in [0.29, 0.717) is 0 Å². The SMILES string of the molecule is OC[C@@H](O)[C@H](O)[C@H](O)C(Sc1ccccc1)Sc1ccccc1. The Bertz CT molecular complexity index is 526. The molecule has 2 rings (SSSR count). The molecule has 0 aliphatic rings. The molecule has 0 saturated carbocycles. The lowest BCUT2D eigenvalue weighted by molar-refractivity contribution is -0.0706. The largest absolute Gasteiger partial charge is 0.394 e. The molecule has 4 nitrogen and oxygen atoms in total. The molecule has 0 heterocycles. The van der Waals surface area contributed by atoms with Gasteiger partial charge in [-0.25, -0.2) is 0 Å². The van der Waals surface area contributed by atoms with Crippen LogP contribution in [0.4, 0.5) is 0 Å². The summed E-state index contributed by atoms with van der Waals surface area (Å²) < 4.78 is -0.434. The lowest BCUT2D eigenvalue weighted by Gasteiger charge is -2.28. The van der Waals surface area contributed by atoms with Crippen molar-refractivity contribution < 1.29 is 20.4 Å². The highest BCUT2D eigenvalue weighted by atomic mass is 32.2. The highest BCUT2D eigenvalue weighted by Crippen LogP contribution is 2.38. The van der Waals surface area contributed by atoms with Crippen LogP contribution in [-0.2, 0) is 0 Å². The quantitative estimate of drug-likeness (QED) is 0.430. The zero-order valence-electron chi connectivity index (χ0n) is 12.4. The molecule has 124 valence electrons. The molecule has 3 atom stereocenters. The molecule has 0 aromatic heterocycles. The molecule has 2 aromatic rings. The van der Waals surface area contributed by atoms with Gasteiger partial charge in [0.1, 0.15) is 18.3 Å². The van der Waals surface area contributed by atoms with E-state index < -0.39 is 29.5 Å². The smallest absolute Gasteiger partial charge is 0.110 e. The van der Waals surface area contributed by atoms with Crippen LogP contribution in [0, 0.1) is 0 Å². The van der Waals surface area contributed by atoms with Gasteiger partial charge in [-0.3, -0.25) is 0 Å². The first-order chi connectivity index (χ1) is 11.1. The lowest BCUT2D eigenvalue weighted by atomic mass is 10.1. The second-order valence-corrected chi connectivity index (χ2v) is 7.69. The summed E-state index contributed by atoms with van der Waals surface area (Å²) in [5.41, 5.74) is 0. The zero-order valence-corrected chi connectivity index (χ0v) is 14.0. The van der Waals surface area contributed by atoms with Crippen molar-refractivity contribution in [3.8, 4) is 0 Å². The molecule has 4 N–H and O–H groups in total. The van der Waals surface area contributed by atoms with Crippen LogP contribution in [0.1, 0.15) is 0 Å². The minimum atomic E-state index is -1.42. The molecule has 0 bridgehead atoms. The molecule has 2 aromatic carbocycles. The van der Waals surface area contributed by atoms with Crippen LogP contribution < -0.4 is 0 Å². The van der Waals surface area contributed by atoms with Gasteiger partial charge >= 0.3 is 0 Å². The minimum Gasteiger partial charge on any atom is -0.394 e. The van der Waals surface area contributed by atoms with Crippen molar-refractivity contribution in [3.63, 3.8) is 0 Å². The monoisotopic (exact) mass is 352 g/mol. The van der Waals surface area contributed by atoms with Crippen LogP contribution in [0.25, 0.3) is 0 Å². The van der Waals surface area contributed by atoms with Gasteiger partial charge in [-0.05, 0) is 24.3 Å². The molecular formula is C17H20O4S2. The Hall–Kier alpha value is -1.02. The average molecular weight is 352 g/mol. The summed E-state index contributed by atoms with van der Waals surface area (Å²) >= 11 is 2.82. The Balaban J connectivity index is 2.16. The number of benzene rings is 2. The van der Waals surface area contributed by atoms with Gasteiger partial charge in [0.25, 0.3) is 0 Å². The summed E-state index contributed by atoms with van der Waals surface area (Å²) in [4.78, 5) is 1.90. The van der Waals surface area contributed by atoms with Crippen LogP contribution >= 0.6 is 23.5 Å². The molecule has 0 aliphatic carbocycles. The van der Waals surface area contributed by atoms with Gasteiger partial charge < -0.3 is 20.4 Å². The predicted octanol–water partition coefficient (Wildman–Crippen LogP) is 1.97. The topological polar surface area (TPSA) is 80.9 Å². The van der Waals surface area contributed by atoms with Crippen molar-refractivity contribution in [2.24, 2.45) is 0 Å². The lowest BCUT2D eigenvalue weighted by Crippen LogP contribution is -2.43. The highest BCUT2D eigenvalue weighted by molar-refractivity contribution is 8.17. The van der Waals surface area contributed by atoms with E-state index in [1.807, 2.05) is 60.7 Å². The number of thioether (sulfide) groups is 2. The zero-order chi connectivity index (χ0) is 16.7. The summed E-state index contributed by atoms with van der Waals surface area (Å²) in [6, 6.07) is 19.1. The Morgan fingerprint density at radius 1 is 0.696 bits per heavy atom. The summed E-state index contributed by atoms with van der Waals surface area (Å²) in [6.45, 7) is -0.600. The maximum Gasteiger partial charge on any atom is 0.110 e. The Morgan fingerprint density at radius 2 is 1.13 bits per heavy atom. The van der Waals surface area contributed by atoms with Gasteiger partial charge in [-0.15, -0.1) is 23.5 Å². The van der Waals surface area contributed by atoms with Gasteiger partial charge in [0, 0.05) is 9.79 Å². The summed E-state index contributed by atoms with van der Waals surface area (Å²) in [7, 11) is 0. The second kappa shape index (κ2) is 9.32. The molecule has 23 heavy (non-hydrogen) atoms. The molecule has 0 unspecified atom stereocenters. The van der Waals surface area contributed by atoms with Crippen LogP contribution in [0.3, 0.4) is 0 Å². The van der Waals surface area contributed by atoms with Crippen molar-refractivity contribution in [2.45, 2.75) is 32.7 Å². The van der Waals surface area contributed by atoms with Gasteiger partial charge in [0.2, 0.25) is 0 Å². The summed E-state index contributed by atoms with van der Waals surface area (Å²) in [5.74, 6) is 0. The predicted molar refractivity (Wildman–Crippen MR) is 93.5 cm³/mol. The van der Waals surface area contributed by atoms with Crippen LogP contribution in [0.5, 0.6) is 0 Å². The van der Waals surface area contributed by atoms with E-state index in [4.69, 9.17) is 5.11 Å². The highest BCUT2D eigenvalue weighted by Gasteiger charge is 2.32. The molecular weight excluding hydrogens is 332 g/mol. The van der Waals surface area contributed by atoms with Crippen LogP contribution in [0.15, 0.2) is 70.5 Å². The minimum absolute atomic E-state index is 0.434. The third-order valence-electron chi connectivity index (χ3n) is 3.20. The van der Waals surface area contributed by atoms with Crippen LogP contribution in [-0.4, -0.2) is 49.9 Å². The number of hydrogen-bond donors (Lipinski definition) is 4. The number of rotatable bonds is 8. The average Bonchev–Trinajstić information content (AvgIpc) is 2.61. The third kappa shape index (κ3) is 5.53. The fraction of sp³-hybridized carbons (Fsp3) is 0.294. The maximum atomic E-state index is 10.4. The van der Waals surface area contributed by atoms with Crippen molar-refractivity contribution in [1.29, 1.82) is 0 Å². The molecule has 0 radical (unpaired) electrons. The molecule has 0 spiro atoms. The van der Waals surface area contributed by atoms with Crippen LogP contribution in [0.2, 0.25) is 0 Å². The second-order valence-electron chi connectivity index (χ2n) is 4.96. The molecule has 0 amide bonds.